The van der Waals surface area contributed by atoms with E-state index >= 15 is 0 Å². The van der Waals surface area contributed by atoms with Gasteiger partial charge in [-0.2, -0.15) is 0 Å². The zero-order chi connectivity index (χ0) is 26.3. The molecule has 2 nitrogen and oxygen atoms in total. The average molecular weight is 748 g/mol. The lowest BCUT2D eigenvalue weighted by atomic mass is 9.83. The molecule has 0 aromatic heterocycles. The molecule has 2 aliphatic carbocycles. The van der Waals surface area contributed by atoms with E-state index in [9.17, 15) is 9.59 Å². The van der Waals surface area contributed by atoms with Crippen LogP contribution < -0.4 is 0 Å². The van der Waals surface area contributed by atoms with Crippen LogP contribution in [0.2, 0.25) is 0 Å². The minimum absolute atomic E-state index is 0.254. The molecular weight excluding hydrogens is 712 g/mol. The Morgan fingerprint density at radius 2 is 1.08 bits per heavy atom. The number of hydrogen-bond acceptors (Lipinski definition) is 2. The minimum Gasteiger partial charge on any atom is -0.293 e. The molecule has 196 valence electrons. The molecule has 6 heteroatoms. The third kappa shape index (κ3) is 7.42. The van der Waals surface area contributed by atoms with Crippen LogP contribution >= 0.6 is 63.7 Å². The molecule has 0 saturated heterocycles. The summed E-state index contributed by atoms with van der Waals surface area (Å²) in [5, 5.41) is 1.64. The molecular formula is C30H36Br4O2. The van der Waals surface area contributed by atoms with Crippen molar-refractivity contribution in [1.29, 1.82) is 0 Å². The maximum Gasteiger partial charge on any atom is 0.179 e. The number of alkyl halides is 4. The maximum atomic E-state index is 12.6. The molecule has 0 aliphatic heterocycles. The lowest BCUT2D eigenvalue weighted by molar-refractivity contribution is 0.0916. The van der Waals surface area contributed by atoms with E-state index in [1.54, 1.807) is 0 Å². The second-order valence-corrected chi connectivity index (χ2v) is 14.4. The van der Waals surface area contributed by atoms with Crippen LogP contribution in [0.4, 0.5) is 0 Å². The monoisotopic (exact) mass is 744 g/mol. The van der Waals surface area contributed by atoms with Gasteiger partial charge in [0, 0.05) is 21.8 Å². The Balaban J connectivity index is 0.000000201. The summed E-state index contributed by atoms with van der Waals surface area (Å²) in [6.45, 7) is 4.14. The van der Waals surface area contributed by atoms with Crippen LogP contribution in [-0.2, 0) is 10.7 Å². The van der Waals surface area contributed by atoms with Crippen molar-refractivity contribution in [2.24, 2.45) is 0 Å². The van der Waals surface area contributed by atoms with Gasteiger partial charge in [0.2, 0.25) is 0 Å². The van der Waals surface area contributed by atoms with E-state index in [-0.39, 0.29) is 20.2 Å². The fraction of sp³-hybridized carbons (Fsp3) is 0.533. The van der Waals surface area contributed by atoms with Crippen molar-refractivity contribution in [1.82, 2.24) is 0 Å². The van der Waals surface area contributed by atoms with Crippen molar-refractivity contribution >= 4 is 75.3 Å². The Hall–Kier alpha value is -0.300. The van der Waals surface area contributed by atoms with E-state index < -0.39 is 0 Å². The fourth-order valence-corrected chi connectivity index (χ4v) is 7.95. The number of hydrogen-bond donors (Lipinski definition) is 0. The number of aryl methyl sites for hydroxylation is 2. The van der Waals surface area contributed by atoms with Gasteiger partial charge >= 0.3 is 0 Å². The lowest BCUT2D eigenvalue weighted by Gasteiger charge is -2.30. The maximum absolute atomic E-state index is 12.6. The van der Waals surface area contributed by atoms with Gasteiger partial charge in [0.1, 0.15) is 0 Å². The van der Waals surface area contributed by atoms with E-state index in [0.29, 0.717) is 0 Å². The Morgan fingerprint density at radius 1 is 0.639 bits per heavy atom. The molecule has 0 N–H and O–H groups in total. The molecule has 0 radical (unpaired) electrons. The minimum atomic E-state index is -0.315. The Morgan fingerprint density at radius 3 is 1.53 bits per heavy atom. The van der Waals surface area contributed by atoms with E-state index in [1.165, 1.54) is 35.1 Å². The van der Waals surface area contributed by atoms with E-state index in [1.807, 2.05) is 30.3 Å². The molecule has 0 bridgehead atoms. The summed E-state index contributed by atoms with van der Waals surface area (Å²) in [5.74, 6) is 0.510. The standard InChI is InChI=1S/2C15H18Br2O/c1-11-9-12(5-6-13(11)10-16)14(18)15(17)7-3-2-4-8-15;1-11-5-6-12(9-13(11)10-16)14(18)15(17)7-3-2-4-8-15/h2*5-6,9H,2-4,7-8,10H2,1H3. The third-order valence-electron chi connectivity index (χ3n) is 7.61. The van der Waals surface area contributed by atoms with E-state index in [2.05, 4.69) is 83.6 Å². The largest absolute Gasteiger partial charge is 0.293 e. The van der Waals surface area contributed by atoms with Crippen LogP contribution in [0.3, 0.4) is 0 Å². The quantitative estimate of drug-likeness (QED) is 0.218. The second-order valence-electron chi connectivity index (χ2n) is 10.3. The first-order valence-electron chi connectivity index (χ1n) is 12.9. The molecule has 0 spiro atoms. The van der Waals surface area contributed by atoms with Gasteiger partial charge in [0.25, 0.3) is 0 Å². The number of ketones is 2. The first kappa shape index (κ1) is 30.2. The van der Waals surface area contributed by atoms with Crippen LogP contribution in [-0.4, -0.2) is 20.2 Å². The molecule has 0 amide bonds. The van der Waals surface area contributed by atoms with Gasteiger partial charge in [0.05, 0.1) is 8.65 Å². The van der Waals surface area contributed by atoms with Gasteiger partial charge in [-0.15, -0.1) is 0 Å². The van der Waals surface area contributed by atoms with Gasteiger partial charge in [-0.1, -0.05) is 127 Å². The van der Waals surface area contributed by atoms with Crippen LogP contribution in [0.5, 0.6) is 0 Å². The topological polar surface area (TPSA) is 34.1 Å². The van der Waals surface area contributed by atoms with Gasteiger partial charge in [-0.3, -0.25) is 9.59 Å². The Kier molecular flexibility index (Phi) is 11.5. The molecule has 36 heavy (non-hydrogen) atoms. The highest BCUT2D eigenvalue weighted by molar-refractivity contribution is 9.10. The number of carbonyl (C=O) groups is 2. The van der Waals surface area contributed by atoms with Gasteiger partial charge < -0.3 is 0 Å². The van der Waals surface area contributed by atoms with Gasteiger partial charge in [0.15, 0.2) is 11.6 Å². The summed E-state index contributed by atoms with van der Waals surface area (Å²) < 4.78 is -0.627. The van der Waals surface area contributed by atoms with Crippen LogP contribution in [0, 0.1) is 13.8 Å². The van der Waals surface area contributed by atoms with Crippen LogP contribution in [0.25, 0.3) is 0 Å². The predicted molar refractivity (Wildman–Crippen MR) is 166 cm³/mol. The number of rotatable bonds is 6. The third-order valence-corrected chi connectivity index (χ3v) is 11.1. The van der Waals surface area contributed by atoms with E-state index in [4.69, 9.17) is 0 Å². The average Bonchev–Trinajstić information content (AvgIpc) is 2.89. The van der Waals surface area contributed by atoms with Crippen molar-refractivity contribution in [3.63, 3.8) is 0 Å². The van der Waals surface area contributed by atoms with Crippen molar-refractivity contribution < 1.29 is 9.59 Å². The molecule has 0 unspecified atom stereocenters. The first-order chi connectivity index (χ1) is 17.1. The highest BCUT2D eigenvalue weighted by Gasteiger charge is 2.38. The fourth-order valence-electron chi connectivity index (χ4n) is 5.14. The first-order valence-corrected chi connectivity index (χ1v) is 16.7. The van der Waals surface area contributed by atoms with Crippen LogP contribution in [0.15, 0.2) is 36.4 Å². The second kappa shape index (κ2) is 13.7. The molecule has 0 atom stereocenters. The lowest BCUT2D eigenvalue weighted by Crippen LogP contribution is -2.34. The van der Waals surface area contributed by atoms with Crippen molar-refractivity contribution in [3.05, 3.63) is 69.8 Å². The zero-order valence-corrected chi connectivity index (χ0v) is 27.6. The SMILES string of the molecule is Cc1cc(C(=O)C2(Br)CCCCC2)ccc1CBr.Cc1ccc(C(=O)C2(Br)CCCCC2)cc1CBr. The Labute approximate surface area is 250 Å². The molecule has 4 rings (SSSR count). The van der Waals surface area contributed by atoms with Crippen molar-refractivity contribution in [3.8, 4) is 0 Å². The summed E-state index contributed by atoms with van der Waals surface area (Å²) in [6.07, 6.45) is 10.9. The predicted octanol–water partition coefficient (Wildman–Crippen LogP) is 10.3. The molecule has 2 saturated carbocycles. The number of Topliss-reactive ketones (excluding diaryl/α,β-unsaturated/α-hetero) is 2. The van der Waals surface area contributed by atoms with Gasteiger partial charge in [-0.25, -0.2) is 0 Å². The Bertz CT molecular complexity index is 1070. The molecule has 2 fully saturated rings. The summed E-state index contributed by atoms with van der Waals surface area (Å²) >= 11 is 14.3. The van der Waals surface area contributed by atoms with Gasteiger partial charge in [-0.05, 0) is 73.9 Å². The molecule has 0 heterocycles. The highest BCUT2D eigenvalue weighted by Crippen LogP contribution is 2.40. The normalized spacial score (nSPS) is 18.6. The smallest absolute Gasteiger partial charge is 0.179 e. The summed E-state index contributed by atoms with van der Waals surface area (Å²) in [7, 11) is 0. The molecule has 2 aliphatic rings. The summed E-state index contributed by atoms with van der Waals surface area (Å²) in [6, 6.07) is 12.1. The van der Waals surface area contributed by atoms with E-state index in [0.717, 1.165) is 73.2 Å². The van der Waals surface area contributed by atoms with Crippen molar-refractivity contribution in [2.45, 2.75) is 97.4 Å². The zero-order valence-electron chi connectivity index (χ0n) is 21.3. The number of benzene rings is 2. The molecule has 2 aromatic carbocycles. The summed E-state index contributed by atoms with van der Waals surface area (Å²) in [5.41, 5.74) is 6.55. The number of carbonyl (C=O) groups excluding carboxylic acids is 2. The van der Waals surface area contributed by atoms with Crippen LogP contribution in [0.1, 0.15) is 107 Å². The highest BCUT2D eigenvalue weighted by atomic mass is 79.9. The van der Waals surface area contributed by atoms with Crippen molar-refractivity contribution in [2.75, 3.05) is 0 Å². The molecule has 2 aromatic rings. The summed E-state index contributed by atoms with van der Waals surface area (Å²) in [4.78, 5) is 25.3. The number of halogens is 4.